The number of rotatable bonds is 5. The van der Waals surface area contributed by atoms with E-state index in [1.54, 1.807) is 12.1 Å². The van der Waals surface area contributed by atoms with Crippen molar-refractivity contribution in [2.45, 2.75) is 26.7 Å². The van der Waals surface area contributed by atoms with Crippen LogP contribution in [0.5, 0.6) is 0 Å². The summed E-state index contributed by atoms with van der Waals surface area (Å²) in [4.78, 5) is 29.4. The highest BCUT2D eigenvalue weighted by atomic mass is 19.1. The van der Waals surface area contributed by atoms with Crippen LogP contribution in [0.25, 0.3) is 0 Å². The SMILES string of the molecule is Cc1cccc(C(C)C)c1NC(=O)c1cccc(C(=O)Nc2ccc(F)cc2)n1. The van der Waals surface area contributed by atoms with Gasteiger partial charge in [0, 0.05) is 11.4 Å². The molecule has 3 aromatic rings. The van der Waals surface area contributed by atoms with Crippen molar-refractivity contribution in [3.05, 3.63) is 89.0 Å². The number of hydrogen-bond donors (Lipinski definition) is 2. The van der Waals surface area contributed by atoms with E-state index in [1.165, 1.54) is 30.3 Å². The van der Waals surface area contributed by atoms with Crippen LogP contribution in [0.2, 0.25) is 0 Å². The largest absolute Gasteiger partial charge is 0.321 e. The Balaban J connectivity index is 1.80. The van der Waals surface area contributed by atoms with E-state index in [0.29, 0.717) is 5.69 Å². The van der Waals surface area contributed by atoms with Gasteiger partial charge in [0.1, 0.15) is 17.2 Å². The third-order valence-corrected chi connectivity index (χ3v) is 4.48. The van der Waals surface area contributed by atoms with Gasteiger partial charge in [-0.05, 0) is 60.4 Å². The number of pyridine rings is 1. The Morgan fingerprint density at radius 2 is 1.45 bits per heavy atom. The molecule has 0 aliphatic carbocycles. The minimum absolute atomic E-state index is 0.0934. The van der Waals surface area contributed by atoms with Gasteiger partial charge in [0.05, 0.1) is 0 Å². The maximum Gasteiger partial charge on any atom is 0.274 e. The Labute approximate surface area is 169 Å². The molecule has 1 heterocycles. The van der Waals surface area contributed by atoms with Crippen LogP contribution in [0.15, 0.2) is 60.7 Å². The van der Waals surface area contributed by atoms with Crippen LogP contribution in [0.1, 0.15) is 51.9 Å². The van der Waals surface area contributed by atoms with E-state index in [1.807, 2.05) is 25.1 Å². The van der Waals surface area contributed by atoms with E-state index in [2.05, 4.69) is 29.5 Å². The molecule has 5 nitrogen and oxygen atoms in total. The molecule has 0 radical (unpaired) electrons. The van der Waals surface area contributed by atoms with E-state index in [9.17, 15) is 14.0 Å². The van der Waals surface area contributed by atoms with Gasteiger partial charge in [0.2, 0.25) is 0 Å². The molecule has 148 valence electrons. The van der Waals surface area contributed by atoms with Crippen molar-refractivity contribution in [1.29, 1.82) is 0 Å². The van der Waals surface area contributed by atoms with Crippen LogP contribution < -0.4 is 10.6 Å². The van der Waals surface area contributed by atoms with Gasteiger partial charge >= 0.3 is 0 Å². The lowest BCUT2D eigenvalue weighted by Crippen LogP contribution is -2.19. The lowest BCUT2D eigenvalue weighted by molar-refractivity contribution is 0.101. The minimum Gasteiger partial charge on any atom is -0.321 e. The summed E-state index contributed by atoms with van der Waals surface area (Å²) in [5, 5.41) is 5.56. The average Bonchev–Trinajstić information content (AvgIpc) is 2.71. The molecule has 1 aromatic heterocycles. The van der Waals surface area contributed by atoms with Gasteiger partial charge in [-0.25, -0.2) is 9.37 Å². The maximum atomic E-state index is 13.0. The van der Waals surface area contributed by atoms with Gasteiger partial charge in [0.25, 0.3) is 11.8 Å². The predicted molar refractivity (Wildman–Crippen MR) is 112 cm³/mol. The Bertz CT molecular complexity index is 1050. The van der Waals surface area contributed by atoms with Gasteiger partial charge in [-0.15, -0.1) is 0 Å². The van der Waals surface area contributed by atoms with Crippen molar-refractivity contribution in [3.63, 3.8) is 0 Å². The number of carbonyl (C=O) groups excluding carboxylic acids is 2. The molecule has 2 amide bonds. The zero-order valence-electron chi connectivity index (χ0n) is 16.5. The summed E-state index contributed by atoms with van der Waals surface area (Å²) in [5.41, 5.74) is 3.41. The molecular formula is C23H22FN3O2. The van der Waals surface area contributed by atoms with Crippen molar-refractivity contribution in [2.24, 2.45) is 0 Å². The van der Waals surface area contributed by atoms with Gasteiger partial charge in [-0.3, -0.25) is 9.59 Å². The van der Waals surface area contributed by atoms with Crippen molar-refractivity contribution < 1.29 is 14.0 Å². The maximum absolute atomic E-state index is 13.0. The van der Waals surface area contributed by atoms with E-state index < -0.39 is 17.6 Å². The first kappa shape index (κ1) is 20.2. The fraction of sp³-hybridized carbons (Fsp3) is 0.174. The molecule has 0 aliphatic heterocycles. The average molecular weight is 391 g/mol. The number of benzene rings is 2. The number of anilines is 2. The molecule has 2 N–H and O–H groups in total. The monoisotopic (exact) mass is 391 g/mol. The highest BCUT2D eigenvalue weighted by Gasteiger charge is 2.16. The fourth-order valence-corrected chi connectivity index (χ4v) is 2.94. The summed E-state index contributed by atoms with van der Waals surface area (Å²) >= 11 is 0. The Morgan fingerprint density at radius 3 is 2.07 bits per heavy atom. The second kappa shape index (κ2) is 8.65. The lowest BCUT2D eigenvalue weighted by Gasteiger charge is -2.16. The molecule has 3 rings (SSSR count). The summed E-state index contributed by atoms with van der Waals surface area (Å²) in [7, 11) is 0. The van der Waals surface area contributed by atoms with Crippen molar-refractivity contribution in [1.82, 2.24) is 4.98 Å². The minimum atomic E-state index is -0.481. The standard InChI is InChI=1S/C23H22FN3O2/c1-14(2)18-7-4-6-15(3)21(18)27-23(29)20-9-5-8-19(26-20)22(28)25-17-12-10-16(24)11-13-17/h4-14H,1-3H3,(H,25,28)(H,27,29). The van der Waals surface area contributed by atoms with E-state index >= 15 is 0 Å². The molecule has 0 bridgehead atoms. The highest BCUT2D eigenvalue weighted by molar-refractivity contribution is 6.06. The third-order valence-electron chi connectivity index (χ3n) is 4.48. The van der Waals surface area contributed by atoms with Crippen molar-refractivity contribution in [3.8, 4) is 0 Å². The molecule has 29 heavy (non-hydrogen) atoms. The molecule has 0 saturated carbocycles. The van der Waals surface area contributed by atoms with E-state index in [-0.39, 0.29) is 17.3 Å². The molecule has 0 unspecified atom stereocenters. The number of amides is 2. The highest BCUT2D eigenvalue weighted by Crippen LogP contribution is 2.27. The summed E-state index contributed by atoms with van der Waals surface area (Å²) in [5.74, 6) is -1.02. The zero-order chi connectivity index (χ0) is 21.0. The smallest absolute Gasteiger partial charge is 0.274 e. The topological polar surface area (TPSA) is 71.1 Å². The van der Waals surface area contributed by atoms with Gasteiger partial charge in [-0.2, -0.15) is 0 Å². The Morgan fingerprint density at radius 1 is 0.862 bits per heavy atom. The van der Waals surface area contributed by atoms with E-state index in [0.717, 1.165) is 16.8 Å². The second-order valence-corrected chi connectivity index (χ2v) is 7.02. The Hall–Kier alpha value is -3.54. The number of hydrogen-bond acceptors (Lipinski definition) is 3. The first-order valence-corrected chi connectivity index (χ1v) is 9.30. The lowest BCUT2D eigenvalue weighted by atomic mass is 9.98. The van der Waals surface area contributed by atoms with Crippen LogP contribution in [-0.2, 0) is 0 Å². The number of para-hydroxylation sites is 1. The quantitative estimate of drug-likeness (QED) is 0.631. The van der Waals surface area contributed by atoms with E-state index in [4.69, 9.17) is 0 Å². The third kappa shape index (κ3) is 4.85. The van der Waals surface area contributed by atoms with Crippen LogP contribution in [0.4, 0.5) is 15.8 Å². The number of carbonyl (C=O) groups is 2. The molecule has 2 aromatic carbocycles. The molecular weight excluding hydrogens is 369 g/mol. The number of nitrogens with zero attached hydrogens (tertiary/aromatic N) is 1. The molecule has 0 atom stereocenters. The van der Waals surface area contributed by atoms with Crippen molar-refractivity contribution in [2.75, 3.05) is 10.6 Å². The molecule has 0 spiro atoms. The first-order chi connectivity index (χ1) is 13.8. The number of aryl methyl sites for hydroxylation is 1. The number of aromatic nitrogens is 1. The van der Waals surface area contributed by atoms with Crippen LogP contribution in [-0.4, -0.2) is 16.8 Å². The summed E-state index contributed by atoms with van der Waals surface area (Å²) < 4.78 is 13.0. The summed E-state index contributed by atoms with van der Waals surface area (Å²) in [6.45, 7) is 6.05. The molecule has 0 aliphatic rings. The van der Waals surface area contributed by atoms with Crippen LogP contribution in [0.3, 0.4) is 0 Å². The second-order valence-electron chi connectivity index (χ2n) is 7.02. The summed E-state index contributed by atoms with van der Waals surface area (Å²) in [6.07, 6.45) is 0. The zero-order valence-corrected chi connectivity index (χ0v) is 16.5. The van der Waals surface area contributed by atoms with Crippen molar-refractivity contribution >= 4 is 23.2 Å². The van der Waals surface area contributed by atoms with Gasteiger partial charge < -0.3 is 10.6 Å². The van der Waals surface area contributed by atoms with Crippen LogP contribution in [0, 0.1) is 12.7 Å². The molecule has 6 heteroatoms. The Kier molecular flexibility index (Phi) is 6.02. The first-order valence-electron chi connectivity index (χ1n) is 9.30. The number of halogens is 1. The van der Waals surface area contributed by atoms with Gasteiger partial charge in [-0.1, -0.05) is 38.1 Å². The molecule has 0 fully saturated rings. The summed E-state index contributed by atoms with van der Waals surface area (Å²) in [6, 6.07) is 15.9. The predicted octanol–water partition coefficient (Wildman–Crippen LogP) is 5.16. The molecule has 0 saturated heterocycles. The van der Waals surface area contributed by atoms with Crippen LogP contribution >= 0.6 is 0 Å². The normalized spacial score (nSPS) is 10.7. The van der Waals surface area contributed by atoms with Gasteiger partial charge in [0.15, 0.2) is 0 Å². The number of nitrogens with one attached hydrogen (secondary N) is 2. The fourth-order valence-electron chi connectivity index (χ4n) is 2.94.